The number of hydrogen-bond donors (Lipinski definition) is 2. The van der Waals surface area contributed by atoms with Crippen molar-refractivity contribution in [3.05, 3.63) is 52.9 Å². The number of nitrogens with zero attached hydrogens (tertiary/aromatic N) is 3. The van der Waals surface area contributed by atoms with E-state index in [1.165, 1.54) is 18.2 Å². The summed E-state index contributed by atoms with van der Waals surface area (Å²) < 4.78 is 29.3. The first-order valence-corrected chi connectivity index (χ1v) is 8.97. The molecule has 0 aliphatic heterocycles. The van der Waals surface area contributed by atoms with Crippen molar-refractivity contribution in [1.29, 1.82) is 0 Å². The van der Waals surface area contributed by atoms with Crippen LogP contribution in [0.1, 0.15) is 30.3 Å². The molecule has 0 aliphatic rings. The molecule has 0 unspecified atom stereocenters. The third-order valence-corrected chi connectivity index (χ3v) is 3.97. The van der Waals surface area contributed by atoms with Gasteiger partial charge in [0.25, 0.3) is 0 Å². The van der Waals surface area contributed by atoms with Crippen LogP contribution < -0.4 is 10.6 Å². The topological polar surface area (TPSA) is 54.2 Å². The molecule has 0 atom stereocenters. The van der Waals surface area contributed by atoms with Crippen LogP contribution in [0.15, 0.2) is 29.3 Å². The van der Waals surface area contributed by atoms with Gasteiger partial charge in [-0.1, -0.05) is 6.07 Å². The van der Waals surface area contributed by atoms with E-state index in [1.54, 1.807) is 0 Å². The average molecular weight is 363 g/mol. The number of nitrogens with one attached hydrogen (secondary N) is 2. The summed E-state index contributed by atoms with van der Waals surface area (Å²) in [6, 6.07) is 5.97. The highest BCUT2D eigenvalue weighted by Gasteiger charge is 2.08. The number of aryl methyl sites for hydroxylation is 3. The van der Waals surface area contributed by atoms with E-state index in [2.05, 4.69) is 26.8 Å². The van der Waals surface area contributed by atoms with E-state index >= 15 is 0 Å². The van der Waals surface area contributed by atoms with Crippen LogP contribution in [0, 0.1) is 25.5 Å². The summed E-state index contributed by atoms with van der Waals surface area (Å²) in [5.74, 6) is -0.380. The lowest BCUT2D eigenvalue weighted by atomic mass is 10.1. The molecule has 1 aromatic heterocycles. The van der Waals surface area contributed by atoms with Gasteiger partial charge in [0.15, 0.2) is 5.96 Å². The van der Waals surface area contributed by atoms with Crippen LogP contribution >= 0.6 is 0 Å². The van der Waals surface area contributed by atoms with Gasteiger partial charge in [0, 0.05) is 37.4 Å². The van der Waals surface area contributed by atoms with Gasteiger partial charge < -0.3 is 10.6 Å². The fraction of sp³-hybridized carbons (Fsp3) is 0.474. The molecule has 0 saturated heterocycles. The second-order valence-electron chi connectivity index (χ2n) is 6.14. The minimum Gasteiger partial charge on any atom is -0.357 e. The monoisotopic (exact) mass is 363 g/mol. The van der Waals surface area contributed by atoms with Crippen molar-refractivity contribution in [2.45, 2.75) is 40.2 Å². The van der Waals surface area contributed by atoms with Gasteiger partial charge in [-0.3, -0.25) is 9.67 Å². The third kappa shape index (κ3) is 5.82. The summed E-state index contributed by atoms with van der Waals surface area (Å²) in [6.07, 6.45) is 1.12. The molecule has 0 fully saturated rings. The molecule has 142 valence electrons. The Morgan fingerprint density at radius 3 is 2.54 bits per heavy atom. The molecule has 0 aliphatic carbocycles. The first-order valence-electron chi connectivity index (χ1n) is 8.97. The van der Waals surface area contributed by atoms with Crippen LogP contribution in [0.5, 0.6) is 0 Å². The number of aromatic nitrogens is 2. The van der Waals surface area contributed by atoms with Gasteiger partial charge in [0.1, 0.15) is 11.6 Å². The first kappa shape index (κ1) is 19.9. The molecule has 1 heterocycles. The fourth-order valence-corrected chi connectivity index (χ4v) is 2.73. The highest BCUT2D eigenvalue weighted by molar-refractivity contribution is 5.79. The Labute approximate surface area is 153 Å². The maximum Gasteiger partial charge on any atom is 0.191 e. The largest absolute Gasteiger partial charge is 0.357 e. The van der Waals surface area contributed by atoms with Crippen LogP contribution in [-0.4, -0.2) is 35.4 Å². The van der Waals surface area contributed by atoms with Gasteiger partial charge in [-0.05, 0) is 51.8 Å². The molecule has 0 spiro atoms. The molecule has 5 nitrogen and oxygen atoms in total. The molecule has 0 amide bonds. The van der Waals surface area contributed by atoms with Crippen LogP contribution in [0.3, 0.4) is 0 Å². The number of benzene rings is 1. The predicted octanol–water partition coefficient (Wildman–Crippen LogP) is 2.97. The molecule has 0 radical (unpaired) electrons. The normalized spacial score (nSPS) is 11.7. The number of hydrogen-bond acceptors (Lipinski definition) is 2. The zero-order valence-electron chi connectivity index (χ0n) is 15.6. The number of rotatable bonds is 8. The van der Waals surface area contributed by atoms with Gasteiger partial charge in [-0.15, -0.1) is 0 Å². The number of halogens is 2. The summed E-state index contributed by atoms with van der Waals surface area (Å²) >= 11 is 0. The SMILES string of the molecule is CCNC(=NCCCn1nc(C)cc1C)NCCc1c(F)cccc1F. The minimum atomic E-state index is -0.515. The summed E-state index contributed by atoms with van der Waals surface area (Å²) in [5.41, 5.74) is 2.25. The molecular weight excluding hydrogens is 336 g/mol. The maximum absolute atomic E-state index is 13.6. The van der Waals surface area contributed by atoms with Crippen molar-refractivity contribution < 1.29 is 8.78 Å². The fourth-order valence-electron chi connectivity index (χ4n) is 2.73. The zero-order valence-corrected chi connectivity index (χ0v) is 15.6. The second kappa shape index (κ2) is 9.89. The molecule has 1 aromatic carbocycles. The molecule has 2 aromatic rings. The molecule has 7 heteroatoms. The van der Waals surface area contributed by atoms with E-state index in [4.69, 9.17) is 0 Å². The van der Waals surface area contributed by atoms with Gasteiger partial charge in [0.05, 0.1) is 5.69 Å². The Bertz CT molecular complexity index is 719. The minimum absolute atomic E-state index is 0.0976. The van der Waals surface area contributed by atoms with Crippen molar-refractivity contribution in [1.82, 2.24) is 20.4 Å². The quantitative estimate of drug-likeness (QED) is 0.431. The van der Waals surface area contributed by atoms with Gasteiger partial charge >= 0.3 is 0 Å². The van der Waals surface area contributed by atoms with Crippen LogP contribution in [0.25, 0.3) is 0 Å². The molecule has 2 rings (SSSR count). The smallest absolute Gasteiger partial charge is 0.191 e. The standard InChI is InChI=1S/C19H27F2N5/c1-4-22-19(23-10-6-12-26-15(3)13-14(2)25-26)24-11-9-16-17(20)7-5-8-18(16)21/h5,7-8,13H,4,6,9-12H2,1-3H3,(H2,22,23,24). The number of aliphatic imine (C=N–C) groups is 1. The van der Waals surface area contributed by atoms with E-state index < -0.39 is 11.6 Å². The predicted molar refractivity (Wildman–Crippen MR) is 100 cm³/mol. The summed E-state index contributed by atoms with van der Waals surface area (Å²) in [6.45, 7) is 8.57. The Morgan fingerprint density at radius 2 is 1.92 bits per heavy atom. The van der Waals surface area contributed by atoms with Crippen molar-refractivity contribution in [3.8, 4) is 0 Å². The third-order valence-electron chi connectivity index (χ3n) is 3.97. The van der Waals surface area contributed by atoms with Crippen LogP contribution in [0.4, 0.5) is 8.78 Å². The van der Waals surface area contributed by atoms with Crippen molar-refractivity contribution in [2.75, 3.05) is 19.6 Å². The summed E-state index contributed by atoms with van der Waals surface area (Å²) in [4.78, 5) is 4.51. The van der Waals surface area contributed by atoms with Crippen molar-refractivity contribution >= 4 is 5.96 Å². The van der Waals surface area contributed by atoms with E-state index in [0.717, 1.165) is 30.9 Å². The zero-order chi connectivity index (χ0) is 18.9. The average Bonchev–Trinajstić information content (AvgIpc) is 2.91. The van der Waals surface area contributed by atoms with Gasteiger partial charge in [0.2, 0.25) is 0 Å². The van der Waals surface area contributed by atoms with Crippen LogP contribution in [0.2, 0.25) is 0 Å². The molecule has 0 saturated carbocycles. The Balaban J connectivity index is 1.81. The Kier molecular flexibility index (Phi) is 7.56. The molecule has 26 heavy (non-hydrogen) atoms. The Hall–Kier alpha value is -2.44. The molecule has 2 N–H and O–H groups in total. The van der Waals surface area contributed by atoms with Crippen molar-refractivity contribution in [3.63, 3.8) is 0 Å². The van der Waals surface area contributed by atoms with E-state index in [1.807, 2.05) is 25.5 Å². The lowest BCUT2D eigenvalue weighted by Gasteiger charge is -2.12. The summed E-state index contributed by atoms with van der Waals surface area (Å²) in [7, 11) is 0. The van der Waals surface area contributed by atoms with E-state index in [9.17, 15) is 8.78 Å². The van der Waals surface area contributed by atoms with E-state index in [-0.39, 0.29) is 12.0 Å². The van der Waals surface area contributed by atoms with Crippen molar-refractivity contribution in [2.24, 2.45) is 4.99 Å². The molecule has 0 bridgehead atoms. The number of guanidine groups is 1. The lowest BCUT2D eigenvalue weighted by Crippen LogP contribution is -2.38. The van der Waals surface area contributed by atoms with E-state index in [0.29, 0.717) is 19.0 Å². The maximum atomic E-state index is 13.6. The highest BCUT2D eigenvalue weighted by Crippen LogP contribution is 2.12. The first-order chi connectivity index (χ1) is 12.5. The summed E-state index contributed by atoms with van der Waals surface area (Å²) in [5, 5.41) is 10.7. The van der Waals surface area contributed by atoms with Gasteiger partial charge in [-0.2, -0.15) is 5.10 Å². The second-order valence-corrected chi connectivity index (χ2v) is 6.14. The highest BCUT2D eigenvalue weighted by atomic mass is 19.1. The lowest BCUT2D eigenvalue weighted by molar-refractivity contribution is 0.552. The molecular formula is C19H27F2N5. The van der Waals surface area contributed by atoms with Gasteiger partial charge in [-0.25, -0.2) is 8.78 Å². The van der Waals surface area contributed by atoms with Crippen LogP contribution in [-0.2, 0) is 13.0 Å². The Morgan fingerprint density at radius 1 is 1.19 bits per heavy atom.